The standard InChI is InChI=1S/C19H18ClN3O2.C2HF3O2/c20-14-5-3-4-13(12-14)17-16-6-1-2-9-23(16)18(22-17)19(24)21-15-7-10-25-11-8-15;3-2(4,5)1(6)7/h1-6,9,12,15H,7-8,10-11H2,(H,21,24);(H,6,7). The molecule has 7 nitrogen and oxygen atoms in total. The number of hydrogen-bond acceptors (Lipinski definition) is 4. The van der Waals surface area contributed by atoms with E-state index in [2.05, 4.69) is 10.3 Å². The molecule has 0 radical (unpaired) electrons. The number of amides is 1. The highest BCUT2D eigenvalue weighted by Gasteiger charge is 2.38. The fraction of sp³-hybridized carbons (Fsp3) is 0.286. The van der Waals surface area contributed by atoms with Crippen LogP contribution >= 0.6 is 11.6 Å². The van der Waals surface area contributed by atoms with Gasteiger partial charge in [-0.15, -0.1) is 0 Å². The van der Waals surface area contributed by atoms with Gasteiger partial charge in [-0.25, -0.2) is 9.78 Å². The lowest BCUT2D eigenvalue weighted by Crippen LogP contribution is -2.39. The van der Waals surface area contributed by atoms with E-state index in [1.165, 1.54) is 0 Å². The van der Waals surface area contributed by atoms with Crippen LogP contribution in [0.5, 0.6) is 0 Å². The molecule has 1 saturated heterocycles. The summed E-state index contributed by atoms with van der Waals surface area (Å²) in [4.78, 5) is 26.3. The van der Waals surface area contributed by atoms with E-state index < -0.39 is 12.1 Å². The van der Waals surface area contributed by atoms with Crippen molar-refractivity contribution in [2.24, 2.45) is 0 Å². The Balaban J connectivity index is 0.000000360. The van der Waals surface area contributed by atoms with Gasteiger partial charge in [0.05, 0.1) is 11.2 Å². The highest BCUT2D eigenvalue weighted by molar-refractivity contribution is 6.30. The first-order valence-electron chi connectivity index (χ1n) is 9.58. The van der Waals surface area contributed by atoms with Crippen LogP contribution in [0.3, 0.4) is 0 Å². The number of nitrogens with one attached hydrogen (secondary N) is 1. The Bertz CT molecular complexity index is 1110. The molecule has 4 rings (SSSR count). The van der Waals surface area contributed by atoms with E-state index in [0.29, 0.717) is 24.1 Å². The molecule has 0 spiro atoms. The van der Waals surface area contributed by atoms with Crippen LogP contribution in [0.1, 0.15) is 23.5 Å². The normalized spacial score (nSPS) is 14.5. The summed E-state index contributed by atoms with van der Waals surface area (Å²) in [5.41, 5.74) is 2.52. The maximum atomic E-state index is 12.8. The molecule has 0 bridgehead atoms. The van der Waals surface area contributed by atoms with Crippen molar-refractivity contribution in [2.75, 3.05) is 13.2 Å². The third-order valence-corrected chi connectivity index (χ3v) is 4.88. The topological polar surface area (TPSA) is 92.9 Å². The predicted octanol–water partition coefficient (Wildman–Crippen LogP) is 4.20. The van der Waals surface area contributed by atoms with Gasteiger partial charge in [-0.3, -0.25) is 9.20 Å². The molecular formula is C21H19ClF3N3O4. The molecule has 0 aliphatic carbocycles. The van der Waals surface area contributed by atoms with Gasteiger partial charge < -0.3 is 15.2 Å². The molecule has 2 N–H and O–H groups in total. The molecule has 170 valence electrons. The summed E-state index contributed by atoms with van der Waals surface area (Å²) < 4.78 is 38.9. The van der Waals surface area contributed by atoms with Gasteiger partial charge in [0.1, 0.15) is 0 Å². The second kappa shape index (κ2) is 10.0. The third kappa shape index (κ3) is 5.77. The van der Waals surface area contributed by atoms with Gasteiger partial charge in [0, 0.05) is 36.0 Å². The van der Waals surface area contributed by atoms with E-state index in [4.69, 9.17) is 26.2 Å². The van der Waals surface area contributed by atoms with Crippen LogP contribution in [0.15, 0.2) is 48.7 Å². The van der Waals surface area contributed by atoms with Crippen molar-refractivity contribution in [1.29, 1.82) is 0 Å². The zero-order valence-electron chi connectivity index (χ0n) is 16.6. The summed E-state index contributed by atoms with van der Waals surface area (Å²) in [6.07, 6.45) is -1.57. The van der Waals surface area contributed by atoms with E-state index in [0.717, 1.165) is 29.6 Å². The molecule has 1 aliphatic heterocycles. The SMILES string of the molecule is O=C(NC1CCOCC1)c1nc(-c2cccc(Cl)c2)c2ccccn12.O=C(O)C(F)(F)F. The molecule has 1 aromatic carbocycles. The number of carboxylic acid groups (broad SMARTS) is 1. The average Bonchev–Trinajstić information content (AvgIpc) is 3.14. The highest BCUT2D eigenvalue weighted by Crippen LogP contribution is 2.27. The van der Waals surface area contributed by atoms with Gasteiger partial charge in [0.2, 0.25) is 5.82 Å². The van der Waals surface area contributed by atoms with Crippen LogP contribution in [-0.4, -0.2) is 51.8 Å². The number of fused-ring (bicyclic) bond motifs is 1. The number of aliphatic carboxylic acids is 1. The largest absolute Gasteiger partial charge is 0.490 e. The van der Waals surface area contributed by atoms with Crippen LogP contribution in [-0.2, 0) is 9.53 Å². The zero-order chi connectivity index (χ0) is 23.3. The number of ether oxygens (including phenoxy) is 1. The first-order chi connectivity index (χ1) is 15.2. The van der Waals surface area contributed by atoms with Crippen molar-refractivity contribution in [3.05, 3.63) is 59.5 Å². The Labute approximate surface area is 185 Å². The monoisotopic (exact) mass is 469 g/mol. The molecule has 3 aromatic rings. The molecule has 3 heterocycles. The maximum absolute atomic E-state index is 12.8. The molecule has 0 atom stereocenters. The lowest BCUT2D eigenvalue weighted by Gasteiger charge is -2.22. The molecule has 1 amide bonds. The number of benzene rings is 1. The quantitative estimate of drug-likeness (QED) is 0.600. The van der Waals surface area contributed by atoms with Gasteiger partial charge in [-0.05, 0) is 37.1 Å². The molecule has 0 saturated carbocycles. The number of rotatable bonds is 3. The molecular weight excluding hydrogens is 451 g/mol. The number of carbonyl (C=O) groups excluding carboxylic acids is 1. The van der Waals surface area contributed by atoms with Gasteiger partial charge in [-0.1, -0.05) is 29.8 Å². The zero-order valence-corrected chi connectivity index (χ0v) is 17.4. The van der Waals surface area contributed by atoms with Crippen LogP contribution in [0.25, 0.3) is 16.8 Å². The lowest BCUT2D eigenvalue weighted by molar-refractivity contribution is -0.192. The van der Waals surface area contributed by atoms with Gasteiger partial charge in [0.25, 0.3) is 5.91 Å². The molecule has 1 fully saturated rings. The van der Waals surface area contributed by atoms with Crippen molar-refractivity contribution in [3.8, 4) is 11.3 Å². The number of hydrogen-bond donors (Lipinski definition) is 2. The van der Waals surface area contributed by atoms with Crippen LogP contribution in [0, 0.1) is 0 Å². The van der Waals surface area contributed by atoms with E-state index in [-0.39, 0.29) is 11.9 Å². The second-order valence-corrected chi connectivity index (χ2v) is 7.35. The summed E-state index contributed by atoms with van der Waals surface area (Å²) >= 11 is 6.12. The highest BCUT2D eigenvalue weighted by atomic mass is 35.5. The number of carbonyl (C=O) groups is 2. The summed E-state index contributed by atoms with van der Waals surface area (Å²) in [5, 5.41) is 10.8. The Kier molecular flexibility index (Phi) is 7.37. The predicted molar refractivity (Wildman–Crippen MR) is 111 cm³/mol. The van der Waals surface area contributed by atoms with Crippen molar-refractivity contribution in [2.45, 2.75) is 25.1 Å². The van der Waals surface area contributed by atoms with Crippen molar-refractivity contribution < 1.29 is 32.6 Å². The summed E-state index contributed by atoms with van der Waals surface area (Å²) in [5.74, 6) is -2.54. The molecule has 32 heavy (non-hydrogen) atoms. The van der Waals surface area contributed by atoms with Gasteiger partial charge in [-0.2, -0.15) is 13.2 Å². The van der Waals surface area contributed by atoms with Crippen LogP contribution in [0.4, 0.5) is 13.2 Å². The maximum Gasteiger partial charge on any atom is 0.490 e. The van der Waals surface area contributed by atoms with Crippen LogP contribution in [0.2, 0.25) is 5.02 Å². The van der Waals surface area contributed by atoms with Gasteiger partial charge in [0.15, 0.2) is 0 Å². The average molecular weight is 470 g/mol. The number of carboxylic acids is 1. The van der Waals surface area contributed by atoms with Crippen molar-refractivity contribution >= 4 is 29.0 Å². The number of alkyl halides is 3. The molecule has 1 aliphatic rings. The number of imidazole rings is 1. The number of pyridine rings is 1. The summed E-state index contributed by atoms with van der Waals surface area (Å²) in [7, 11) is 0. The number of nitrogens with zero attached hydrogens (tertiary/aromatic N) is 2. The van der Waals surface area contributed by atoms with Gasteiger partial charge >= 0.3 is 12.1 Å². The number of aromatic nitrogens is 2. The van der Waals surface area contributed by atoms with E-state index in [1.54, 1.807) is 0 Å². The Morgan fingerprint density at radius 2 is 1.84 bits per heavy atom. The molecule has 11 heteroatoms. The Morgan fingerprint density at radius 3 is 2.47 bits per heavy atom. The Hall–Kier alpha value is -3.11. The first kappa shape index (κ1) is 23.6. The van der Waals surface area contributed by atoms with Crippen molar-refractivity contribution in [3.63, 3.8) is 0 Å². The minimum absolute atomic E-state index is 0.131. The third-order valence-electron chi connectivity index (χ3n) is 4.65. The fourth-order valence-corrected chi connectivity index (χ4v) is 3.33. The van der Waals surface area contributed by atoms with E-state index in [9.17, 15) is 18.0 Å². The lowest BCUT2D eigenvalue weighted by atomic mass is 10.1. The second-order valence-electron chi connectivity index (χ2n) is 6.91. The number of halogens is 4. The summed E-state index contributed by atoms with van der Waals surface area (Å²) in [6, 6.07) is 13.4. The molecule has 0 unspecified atom stereocenters. The minimum Gasteiger partial charge on any atom is -0.475 e. The van der Waals surface area contributed by atoms with Crippen LogP contribution < -0.4 is 5.32 Å². The first-order valence-corrected chi connectivity index (χ1v) is 9.96. The fourth-order valence-electron chi connectivity index (χ4n) is 3.14. The smallest absolute Gasteiger partial charge is 0.475 e. The van der Waals surface area contributed by atoms with E-state index >= 15 is 0 Å². The minimum atomic E-state index is -5.08. The summed E-state index contributed by atoms with van der Waals surface area (Å²) in [6.45, 7) is 1.36. The Morgan fingerprint density at radius 1 is 1.16 bits per heavy atom. The van der Waals surface area contributed by atoms with Crippen molar-refractivity contribution in [1.82, 2.24) is 14.7 Å². The molecule has 2 aromatic heterocycles. The van der Waals surface area contributed by atoms with E-state index in [1.807, 2.05) is 53.1 Å².